The molecular formula is C11H14N6O2. The van der Waals surface area contributed by atoms with E-state index in [1.807, 2.05) is 0 Å². The molecule has 2 aromatic heterocycles. The van der Waals surface area contributed by atoms with Gasteiger partial charge in [0.25, 0.3) is 0 Å². The van der Waals surface area contributed by atoms with E-state index in [1.54, 1.807) is 17.1 Å². The van der Waals surface area contributed by atoms with Crippen LogP contribution in [0, 0.1) is 5.41 Å². The molecule has 1 aliphatic carbocycles. The number of aromatic nitrogens is 4. The molecule has 0 amide bonds. The van der Waals surface area contributed by atoms with E-state index in [1.165, 1.54) is 0 Å². The molecule has 6 N–H and O–H groups in total. The van der Waals surface area contributed by atoms with Crippen LogP contribution in [0.3, 0.4) is 0 Å². The van der Waals surface area contributed by atoms with E-state index in [2.05, 4.69) is 15.0 Å². The molecule has 0 spiro atoms. The number of nitrogen functional groups attached to an aromatic ring is 2. The summed E-state index contributed by atoms with van der Waals surface area (Å²) < 4.78 is 1.69. The van der Waals surface area contributed by atoms with E-state index in [-0.39, 0.29) is 25.0 Å². The molecule has 0 atom stereocenters. The summed E-state index contributed by atoms with van der Waals surface area (Å²) in [5, 5.41) is 18.5. The normalized spacial score (nSPS) is 19.2. The minimum atomic E-state index is -0.514. The SMILES string of the molecule is Nc1nc(N)c2c(ncn2/C=C2/CC2(CO)CO)n1. The van der Waals surface area contributed by atoms with Gasteiger partial charge in [-0.1, -0.05) is 0 Å². The van der Waals surface area contributed by atoms with Crippen LogP contribution in [-0.4, -0.2) is 42.9 Å². The molecule has 2 heterocycles. The van der Waals surface area contributed by atoms with Crippen LogP contribution in [0.2, 0.25) is 0 Å². The molecule has 0 aliphatic heterocycles. The lowest BCUT2D eigenvalue weighted by molar-refractivity contribution is 0.143. The first-order valence-electron chi connectivity index (χ1n) is 5.78. The van der Waals surface area contributed by atoms with Crippen LogP contribution < -0.4 is 11.5 Å². The van der Waals surface area contributed by atoms with Crippen molar-refractivity contribution in [2.45, 2.75) is 6.42 Å². The van der Waals surface area contributed by atoms with Crippen LogP contribution in [0.15, 0.2) is 11.9 Å². The molecule has 0 radical (unpaired) electrons. The zero-order valence-electron chi connectivity index (χ0n) is 10.1. The minimum absolute atomic E-state index is 0.0781. The molecule has 2 aromatic rings. The standard InChI is InChI=1S/C11H14N6O2/c12-8-7-9(16-10(13)15-8)14-5-17(7)2-6-1-11(6,3-18)4-19/h2,5,18-19H,1,3-4H2,(H4,12,13,15,16)/b6-2-. The van der Waals surface area contributed by atoms with Gasteiger partial charge < -0.3 is 26.2 Å². The van der Waals surface area contributed by atoms with Crippen molar-refractivity contribution in [3.63, 3.8) is 0 Å². The number of aliphatic hydroxyl groups excluding tert-OH is 2. The number of hydrogen-bond donors (Lipinski definition) is 4. The van der Waals surface area contributed by atoms with Gasteiger partial charge in [0.05, 0.1) is 13.2 Å². The van der Waals surface area contributed by atoms with Crippen LogP contribution >= 0.6 is 0 Å². The van der Waals surface area contributed by atoms with E-state index < -0.39 is 5.41 Å². The Hall–Kier alpha value is -2.19. The second-order valence-corrected chi connectivity index (χ2v) is 4.72. The molecule has 0 saturated heterocycles. The molecule has 19 heavy (non-hydrogen) atoms. The second-order valence-electron chi connectivity index (χ2n) is 4.72. The zero-order chi connectivity index (χ0) is 13.6. The van der Waals surface area contributed by atoms with Gasteiger partial charge >= 0.3 is 0 Å². The van der Waals surface area contributed by atoms with Gasteiger partial charge in [0.2, 0.25) is 5.95 Å². The van der Waals surface area contributed by atoms with Gasteiger partial charge in [-0.2, -0.15) is 9.97 Å². The fourth-order valence-corrected chi connectivity index (χ4v) is 2.12. The Balaban J connectivity index is 2.07. The van der Waals surface area contributed by atoms with Crippen molar-refractivity contribution in [3.05, 3.63) is 11.9 Å². The van der Waals surface area contributed by atoms with Crippen molar-refractivity contribution in [2.24, 2.45) is 5.41 Å². The monoisotopic (exact) mass is 262 g/mol. The molecule has 0 unspecified atom stereocenters. The summed E-state index contributed by atoms with van der Waals surface area (Å²) in [5.41, 5.74) is 12.7. The molecule has 1 saturated carbocycles. The molecule has 1 fully saturated rings. The average molecular weight is 262 g/mol. The van der Waals surface area contributed by atoms with Crippen LogP contribution in [0.4, 0.5) is 11.8 Å². The first-order chi connectivity index (χ1) is 9.09. The predicted octanol–water partition coefficient (Wildman–Crippen LogP) is -0.794. The number of aliphatic hydroxyl groups is 2. The maximum Gasteiger partial charge on any atom is 0.224 e. The smallest absolute Gasteiger partial charge is 0.224 e. The molecule has 0 bridgehead atoms. The van der Waals surface area contributed by atoms with E-state index in [4.69, 9.17) is 11.5 Å². The van der Waals surface area contributed by atoms with Gasteiger partial charge in [0.1, 0.15) is 11.8 Å². The third-order valence-corrected chi connectivity index (χ3v) is 3.46. The van der Waals surface area contributed by atoms with Gasteiger partial charge in [-0.15, -0.1) is 0 Å². The van der Waals surface area contributed by atoms with Crippen molar-refractivity contribution in [2.75, 3.05) is 24.7 Å². The molecule has 8 heteroatoms. The summed E-state index contributed by atoms with van der Waals surface area (Å²) in [6.07, 6.45) is 3.99. The lowest BCUT2D eigenvalue weighted by Gasteiger charge is -2.05. The number of anilines is 2. The van der Waals surface area contributed by atoms with Crippen LogP contribution in [-0.2, 0) is 0 Å². The summed E-state index contributed by atoms with van der Waals surface area (Å²) in [4.78, 5) is 12.0. The van der Waals surface area contributed by atoms with Crippen LogP contribution in [0.25, 0.3) is 17.4 Å². The predicted molar refractivity (Wildman–Crippen MR) is 69.6 cm³/mol. The van der Waals surface area contributed by atoms with Crippen LogP contribution in [0.1, 0.15) is 6.42 Å². The Labute approximate surface area is 108 Å². The van der Waals surface area contributed by atoms with Crippen LogP contribution in [0.5, 0.6) is 0 Å². The first kappa shape index (κ1) is 11.9. The lowest BCUT2D eigenvalue weighted by Crippen LogP contribution is -2.12. The van der Waals surface area contributed by atoms with Crippen molar-refractivity contribution in [1.82, 2.24) is 19.5 Å². The fourth-order valence-electron chi connectivity index (χ4n) is 2.12. The zero-order valence-corrected chi connectivity index (χ0v) is 10.1. The number of imidazole rings is 1. The number of fused-ring (bicyclic) bond motifs is 1. The van der Waals surface area contributed by atoms with Gasteiger partial charge in [-0.3, -0.25) is 0 Å². The lowest BCUT2D eigenvalue weighted by atomic mass is 10.1. The number of rotatable bonds is 3. The Kier molecular flexibility index (Phi) is 2.44. The number of hydrogen-bond acceptors (Lipinski definition) is 7. The van der Waals surface area contributed by atoms with E-state index in [0.717, 1.165) is 5.57 Å². The fraction of sp³-hybridized carbons (Fsp3) is 0.364. The summed E-state index contributed by atoms with van der Waals surface area (Å²) >= 11 is 0. The van der Waals surface area contributed by atoms with E-state index >= 15 is 0 Å². The highest BCUT2D eigenvalue weighted by atomic mass is 16.3. The molecular weight excluding hydrogens is 248 g/mol. The Bertz CT molecular complexity index is 673. The highest BCUT2D eigenvalue weighted by molar-refractivity contribution is 5.85. The maximum atomic E-state index is 9.27. The van der Waals surface area contributed by atoms with Crippen molar-refractivity contribution in [3.8, 4) is 0 Å². The second kappa shape index (κ2) is 3.90. The van der Waals surface area contributed by atoms with Gasteiger partial charge in [0, 0.05) is 11.6 Å². The molecule has 1 aliphatic rings. The maximum absolute atomic E-state index is 9.27. The third kappa shape index (κ3) is 1.72. The highest BCUT2D eigenvalue weighted by Crippen LogP contribution is 2.51. The van der Waals surface area contributed by atoms with E-state index in [9.17, 15) is 10.2 Å². The number of nitrogens with two attached hydrogens (primary N) is 2. The Morgan fingerprint density at radius 3 is 2.68 bits per heavy atom. The summed E-state index contributed by atoms with van der Waals surface area (Å²) in [5.74, 6) is 0.325. The number of nitrogens with zero attached hydrogens (tertiary/aromatic N) is 4. The third-order valence-electron chi connectivity index (χ3n) is 3.46. The summed E-state index contributed by atoms with van der Waals surface area (Å²) in [6.45, 7) is -0.165. The Morgan fingerprint density at radius 2 is 2.05 bits per heavy atom. The van der Waals surface area contributed by atoms with Gasteiger partial charge in [-0.25, -0.2) is 4.98 Å². The summed E-state index contributed by atoms with van der Waals surface area (Å²) in [7, 11) is 0. The topological polar surface area (TPSA) is 136 Å². The molecule has 3 rings (SSSR count). The van der Waals surface area contributed by atoms with Crippen molar-refractivity contribution >= 4 is 29.1 Å². The largest absolute Gasteiger partial charge is 0.395 e. The average Bonchev–Trinajstić information content (AvgIpc) is 2.93. The quantitative estimate of drug-likeness (QED) is 0.568. The van der Waals surface area contributed by atoms with Gasteiger partial charge in [0.15, 0.2) is 11.5 Å². The summed E-state index contributed by atoms with van der Waals surface area (Å²) in [6, 6.07) is 0. The first-order valence-corrected chi connectivity index (χ1v) is 5.78. The minimum Gasteiger partial charge on any atom is -0.395 e. The van der Waals surface area contributed by atoms with Crippen molar-refractivity contribution < 1.29 is 10.2 Å². The molecule has 100 valence electrons. The highest BCUT2D eigenvalue weighted by Gasteiger charge is 2.48. The molecule has 0 aromatic carbocycles. The molecule has 8 nitrogen and oxygen atoms in total. The van der Waals surface area contributed by atoms with E-state index in [0.29, 0.717) is 17.6 Å². The Morgan fingerprint density at radius 1 is 1.32 bits per heavy atom. The van der Waals surface area contributed by atoms with Gasteiger partial charge in [-0.05, 0) is 12.0 Å². The van der Waals surface area contributed by atoms with Crippen molar-refractivity contribution in [1.29, 1.82) is 0 Å².